The number of ether oxygens (including phenoxy) is 2. The Morgan fingerprint density at radius 2 is 1.91 bits per heavy atom. The number of thioether (sulfide) groups is 1. The lowest BCUT2D eigenvalue weighted by molar-refractivity contribution is 0.0693. The second-order valence-electron chi connectivity index (χ2n) is 4.43. The first kappa shape index (κ1) is 16.0. The van der Waals surface area contributed by atoms with E-state index < -0.39 is 5.97 Å². The van der Waals surface area contributed by atoms with E-state index in [2.05, 4.69) is 0 Å². The minimum absolute atomic E-state index is 0.108. The summed E-state index contributed by atoms with van der Waals surface area (Å²) in [5.74, 6) is 0.0279. The zero-order valence-corrected chi connectivity index (χ0v) is 13.0. The van der Waals surface area contributed by atoms with Gasteiger partial charge in [-0.25, -0.2) is 4.79 Å². The van der Waals surface area contributed by atoms with Gasteiger partial charge in [-0.15, -0.1) is 11.8 Å². The number of carboxylic acid groups (broad SMARTS) is 1. The van der Waals surface area contributed by atoms with Crippen molar-refractivity contribution in [2.45, 2.75) is 10.6 Å². The number of hydrogen-bond acceptors (Lipinski definition) is 5. The highest BCUT2D eigenvalue weighted by molar-refractivity contribution is 7.98. The van der Waals surface area contributed by atoms with Gasteiger partial charge in [-0.2, -0.15) is 0 Å². The highest BCUT2D eigenvalue weighted by Crippen LogP contribution is 2.35. The van der Waals surface area contributed by atoms with Crippen LogP contribution in [0.5, 0.6) is 17.2 Å². The number of aromatic hydroxyl groups is 1. The Kier molecular flexibility index (Phi) is 5.16. The number of aromatic carboxylic acids is 1. The molecule has 0 saturated heterocycles. The van der Waals surface area contributed by atoms with Crippen LogP contribution in [0.15, 0.2) is 41.3 Å². The van der Waals surface area contributed by atoms with Crippen molar-refractivity contribution in [3.63, 3.8) is 0 Å². The van der Waals surface area contributed by atoms with Gasteiger partial charge in [-0.3, -0.25) is 0 Å². The lowest BCUT2D eigenvalue weighted by Gasteiger charge is -2.12. The summed E-state index contributed by atoms with van der Waals surface area (Å²) in [6, 6.07) is 10.4. The summed E-state index contributed by atoms with van der Waals surface area (Å²) in [5.41, 5.74) is 0.378. The molecule has 0 saturated carbocycles. The van der Waals surface area contributed by atoms with Crippen molar-refractivity contribution in [2.75, 3.05) is 14.2 Å². The van der Waals surface area contributed by atoms with Gasteiger partial charge in [-0.1, -0.05) is 12.1 Å². The van der Waals surface area contributed by atoms with Crippen LogP contribution in [0.2, 0.25) is 0 Å². The molecule has 0 aliphatic carbocycles. The van der Waals surface area contributed by atoms with Gasteiger partial charge in [0.05, 0.1) is 14.2 Å². The Morgan fingerprint density at radius 1 is 1.18 bits per heavy atom. The number of rotatable bonds is 6. The van der Waals surface area contributed by atoms with E-state index in [9.17, 15) is 15.0 Å². The summed E-state index contributed by atoms with van der Waals surface area (Å²) in [6.07, 6.45) is 0. The number of carbonyl (C=O) groups is 1. The second kappa shape index (κ2) is 7.09. The molecule has 0 spiro atoms. The van der Waals surface area contributed by atoms with E-state index >= 15 is 0 Å². The van der Waals surface area contributed by atoms with Crippen molar-refractivity contribution in [2.24, 2.45) is 0 Å². The molecule has 2 rings (SSSR count). The summed E-state index contributed by atoms with van der Waals surface area (Å²) in [7, 11) is 3.05. The van der Waals surface area contributed by atoms with E-state index in [1.54, 1.807) is 13.2 Å². The van der Waals surface area contributed by atoms with Crippen molar-refractivity contribution < 1.29 is 24.5 Å². The molecule has 0 bridgehead atoms. The lowest BCUT2D eigenvalue weighted by Crippen LogP contribution is -2.03. The molecule has 6 heteroatoms. The van der Waals surface area contributed by atoms with Crippen LogP contribution in [0, 0.1) is 0 Å². The van der Waals surface area contributed by atoms with Crippen molar-refractivity contribution in [3.8, 4) is 17.2 Å². The van der Waals surface area contributed by atoms with E-state index in [1.165, 1.54) is 24.9 Å². The molecule has 0 aliphatic rings. The summed E-state index contributed by atoms with van der Waals surface area (Å²) in [6.45, 7) is 0. The van der Waals surface area contributed by atoms with E-state index in [-0.39, 0.29) is 11.3 Å². The third kappa shape index (κ3) is 3.46. The van der Waals surface area contributed by atoms with Crippen LogP contribution >= 0.6 is 11.8 Å². The van der Waals surface area contributed by atoms with Gasteiger partial charge in [0.25, 0.3) is 0 Å². The van der Waals surface area contributed by atoms with E-state index in [0.717, 1.165) is 10.6 Å². The second-order valence-corrected chi connectivity index (χ2v) is 5.44. The van der Waals surface area contributed by atoms with Crippen molar-refractivity contribution >= 4 is 17.7 Å². The van der Waals surface area contributed by atoms with Gasteiger partial charge in [0.1, 0.15) is 22.8 Å². The summed E-state index contributed by atoms with van der Waals surface area (Å²) in [5, 5.41) is 19.2. The normalized spacial score (nSPS) is 10.3. The molecule has 0 aromatic heterocycles. The Morgan fingerprint density at radius 3 is 2.55 bits per heavy atom. The molecule has 116 valence electrons. The molecule has 2 aromatic carbocycles. The number of benzene rings is 2. The van der Waals surface area contributed by atoms with Gasteiger partial charge in [-0.05, 0) is 23.8 Å². The summed E-state index contributed by atoms with van der Waals surface area (Å²) < 4.78 is 10.3. The largest absolute Gasteiger partial charge is 0.507 e. The molecular weight excluding hydrogens is 304 g/mol. The molecule has 5 nitrogen and oxygen atoms in total. The topological polar surface area (TPSA) is 76.0 Å². The first-order valence-electron chi connectivity index (χ1n) is 6.45. The maximum absolute atomic E-state index is 11.3. The summed E-state index contributed by atoms with van der Waals surface area (Å²) in [4.78, 5) is 12.2. The SMILES string of the molecule is COc1cc(O)c(C(=O)O)c(CSc2ccccc2OC)c1. The maximum atomic E-state index is 11.3. The van der Waals surface area contributed by atoms with Crippen molar-refractivity contribution in [3.05, 3.63) is 47.5 Å². The fraction of sp³-hybridized carbons (Fsp3) is 0.188. The smallest absolute Gasteiger partial charge is 0.339 e. The molecule has 2 aromatic rings. The minimum atomic E-state index is -1.17. The van der Waals surface area contributed by atoms with Crippen molar-refractivity contribution in [1.82, 2.24) is 0 Å². The number of hydrogen-bond donors (Lipinski definition) is 2. The van der Waals surface area contributed by atoms with Crippen LogP contribution in [0.25, 0.3) is 0 Å². The molecule has 0 fully saturated rings. The molecule has 0 aliphatic heterocycles. The Bertz CT molecular complexity index is 684. The fourth-order valence-corrected chi connectivity index (χ4v) is 3.04. The quantitative estimate of drug-likeness (QED) is 0.795. The molecule has 0 unspecified atom stereocenters. The van der Waals surface area contributed by atoms with Gasteiger partial charge in [0, 0.05) is 16.7 Å². The van der Waals surface area contributed by atoms with Gasteiger partial charge >= 0.3 is 5.97 Å². The average Bonchev–Trinajstić information content (AvgIpc) is 2.52. The maximum Gasteiger partial charge on any atom is 0.339 e. The van der Waals surface area contributed by atoms with Crippen LogP contribution in [0.1, 0.15) is 15.9 Å². The van der Waals surface area contributed by atoms with E-state index in [0.29, 0.717) is 17.1 Å². The van der Waals surface area contributed by atoms with Gasteiger partial charge in [0.15, 0.2) is 0 Å². The van der Waals surface area contributed by atoms with Crippen LogP contribution in [0.3, 0.4) is 0 Å². The highest BCUT2D eigenvalue weighted by atomic mass is 32.2. The molecule has 0 heterocycles. The number of carboxylic acids is 1. The Balaban J connectivity index is 2.32. The van der Waals surface area contributed by atoms with E-state index in [4.69, 9.17) is 9.47 Å². The first-order valence-corrected chi connectivity index (χ1v) is 7.44. The average molecular weight is 320 g/mol. The zero-order chi connectivity index (χ0) is 16.1. The van der Waals surface area contributed by atoms with Gasteiger partial charge in [0.2, 0.25) is 0 Å². The minimum Gasteiger partial charge on any atom is -0.507 e. The van der Waals surface area contributed by atoms with Crippen LogP contribution < -0.4 is 9.47 Å². The monoisotopic (exact) mass is 320 g/mol. The third-order valence-electron chi connectivity index (χ3n) is 3.07. The highest BCUT2D eigenvalue weighted by Gasteiger charge is 2.18. The molecule has 0 atom stereocenters. The van der Waals surface area contributed by atoms with Crippen LogP contribution in [-0.4, -0.2) is 30.4 Å². The molecule has 22 heavy (non-hydrogen) atoms. The Hall–Kier alpha value is -2.34. The molecule has 0 radical (unpaired) electrons. The molecule has 0 amide bonds. The Labute approximate surface area is 132 Å². The van der Waals surface area contributed by atoms with Crippen LogP contribution in [0.4, 0.5) is 0 Å². The number of para-hydroxylation sites is 1. The predicted octanol–water partition coefficient (Wildman–Crippen LogP) is 3.40. The third-order valence-corrected chi connectivity index (χ3v) is 4.18. The standard InChI is InChI=1S/C16H16O5S/c1-20-11-7-10(15(16(18)19)12(17)8-11)9-22-14-6-4-3-5-13(14)21-2/h3-8,17H,9H2,1-2H3,(H,18,19). The molecular formula is C16H16O5S. The van der Waals surface area contributed by atoms with Crippen molar-refractivity contribution in [1.29, 1.82) is 0 Å². The fourth-order valence-electron chi connectivity index (χ4n) is 2.03. The van der Waals surface area contributed by atoms with Gasteiger partial charge < -0.3 is 19.7 Å². The zero-order valence-electron chi connectivity index (χ0n) is 12.2. The lowest BCUT2D eigenvalue weighted by atomic mass is 10.1. The first-order chi connectivity index (χ1) is 10.6. The summed E-state index contributed by atoms with van der Waals surface area (Å²) >= 11 is 1.43. The van der Waals surface area contributed by atoms with E-state index in [1.807, 2.05) is 24.3 Å². The van der Waals surface area contributed by atoms with Crippen LogP contribution in [-0.2, 0) is 5.75 Å². The number of methoxy groups -OCH3 is 2. The predicted molar refractivity (Wildman–Crippen MR) is 84.2 cm³/mol. The molecule has 2 N–H and O–H groups in total. The number of phenols is 1.